The molecule has 1 saturated heterocycles. The lowest BCUT2D eigenvalue weighted by Gasteiger charge is -2.20. The Hall–Kier alpha value is -1.36. The van der Waals surface area contributed by atoms with Crippen molar-refractivity contribution in [2.24, 2.45) is 5.92 Å². The number of nitrogens with zero attached hydrogens (tertiary/aromatic N) is 2. The lowest BCUT2D eigenvalue weighted by Crippen LogP contribution is -2.22. The summed E-state index contributed by atoms with van der Waals surface area (Å²) in [5.74, 6) is 2.86. The van der Waals surface area contributed by atoms with Crippen molar-refractivity contribution in [3.05, 3.63) is 11.9 Å². The maximum atomic E-state index is 5.62. The van der Waals surface area contributed by atoms with Crippen LogP contribution in [0, 0.1) is 5.92 Å². The van der Waals surface area contributed by atoms with E-state index in [1.165, 1.54) is 5.56 Å². The topological polar surface area (TPSA) is 59.1 Å². The Labute approximate surface area is 127 Å². The van der Waals surface area contributed by atoms with Gasteiger partial charge in [-0.1, -0.05) is 20.8 Å². The summed E-state index contributed by atoms with van der Waals surface area (Å²) in [5.41, 5.74) is 1.18. The summed E-state index contributed by atoms with van der Waals surface area (Å²) in [4.78, 5) is 8.86. The van der Waals surface area contributed by atoms with Crippen molar-refractivity contribution in [2.45, 2.75) is 52.6 Å². The Bertz CT molecular complexity index is 450. The highest BCUT2D eigenvalue weighted by Gasteiger charge is 2.24. The van der Waals surface area contributed by atoms with Crippen molar-refractivity contribution in [1.82, 2.24) is 9.97 Å². The van der Waals surface area contributed by atoms with Gasteiger partial charge in [-0.2, -0.15) is 0 Å². The predicted octanol–water partition coefficient (Wildman–Crippen LogP) is 3.26. The van der Waals surface area contributed by atoms with Gasteiger partial charge in [0.2, 0.25) is 0 Å². The fraction of sp³-hybridized carbons (Fsp3) is 0.750. The molecule has 0 spiro atoms. The van der Waals surface area contributed by atoms with Gasteiger partial charge < -0.3 is 15.4 Å². The largest absolute Gasteiger partial charge is 0.378 e. The Morgan fingerprint density at radius 1 is 1.29 bits per heavy atom. The van der Waals surface area contributed by atoms with Crippen LogP contribution in [0.15, 0.2) is 6.33 Å². The minimum Gasteiger partial charge on any atom is -0.378 e. The number of ether oxygens (including phenoxy) is 1. The standard InChI is InChI=1S/C16H28N4O/c1-5-7-17-15-14(11(2)3)16(20-10-19-15)18-9-13-6-8-21-12(13)4/h10-13H,5-9H2,1-4H3,(H2,17,18,19,20). The molecule has 2 heterocycles. The molecule has 0 radical (unpaired) electrons. The van der Waals surface area contributed by atoms with Crippen LogP contribution in [-0.2, 0) is 4.74 Å². The number of nitrogens with one attached hydrogen (secondary N) is 2. The molecule has 2 rings (SSSR count). The van der Waals surface area contributed by atoms with E-state index in [9.17, 15) is 0 Å². The first-order chi connectivity index (χ1) is 10.1. The van der Waals surface area contributed by atoms with Crippen molar-refractivity contribution in [2.75, 3.05) is 30.3 Å². The molecule has 1 aromatic rings. The number of aromatic nitrogens is 2. The van der Waals surface area contributed by atoms with Gasteiger partial charge in [0.05, 0.1) is 6.10 Å². The van der Waals surface area contributed by atoms with Crippen molar-refractivity contribution >= 4 is 11.6 Å². The molecule has 0 aliphatic carbocycles. The molecule has 1 aliphatic rings. The van der Waals surface area contributed by atoms with E-state index in [2.05, 4.69) is 48.3 Å². The molecule has 118 valence electrons. The van der Waals surface area contributed by atoms with Crippen LogP contribution < -0.4 is 10.6 Å². The second-order valence-corrected chi connectivity index (χ2v) is 6.07. The monoisotopic (exact) mass is 292 g/mol. The Morgan fingerprint density at radius 2 is 2.00 bits per heavy atom. The van der Waals surface area contributed by atoms with Crippen LogP contribution in [0.25, 0.3) is 0 Å². The summed E-state index contributed by atoms with van der Waals surface area (Å²) in [6, 6.07) is 0. The van der Waals surface area contributed by atoms with Crippen LogP contribution in [-0.4, -0.2) is 35.8 Å². The number of rotatable bonds is 7. The maximum Gasteiger partial charge on any atom is 0.134 e. The highest BCUT2D eigenvalue weighted by Crippen LogP contribution is 2.29. The third-order valence-electron chi connectivity index (χ3n) is 4.07. The van der Waals surface area contributed by atoms with Crippen molar-refractivity contribution in [3.8, 4) is 0 Å². The zero-order chi connectivity index (χ0) is 15.2. The summed E-state index contributed by atoms with van der Waals surface area (Å²) < 4.78 is 5.62. The lowest BCUT2D eigenvalue weighted by atomic mass is 10.0. The van der Waals surface area contributed by atoms with Crippen molar-refractivity contribution in [1.29, 1.82) is 0 Å². The quantitative estimate of drug-likeness (QED) is 0.808. The summed E-state index contributed by atoms with van der Waals surface area (Å²) >= 11 is 0. The van der Waals surface area contributed by atoms with Crippen LogP contribution in [0.5, 0.6) is 0 Å². The van der Waals surface area contributed by atoms with Crippen LogP contribution in [0.2, 0.25) is 0 Å². The molecular formula is C16H28N4O. The first-order valence-corrected chi connectivity index (χ1v) is 8.07. The number of hydrogen-bond donors (Lipinski definition) is 2. The average molecular weight is 292 g/mol. The first kappa shape index (κ1) is 16.0. The fourth-order valence-electron chi connectivity index (χ4n) is 2.74. The normalized spacial score (nSPS) is 21.8. The van der Waals surface area contributed by atoms with Gasteiger partial charge >= 0.3 is 0 Å². The van der Waals surface area contributed by atoms with E-state index in [1.807, 2.05) is 0 Å². The van der Waals surface area contributed by atoms with Gasteiger partial charge in [0.1, 0.15) is 18.0 Å². The lowest BCUT2D eigenvalue weighted by molar-refractivity contribution is 0.108. The van der Waals surface area contributed by atoms with E-state index in [-0.39, 0.29) is 0 Å². The SMILES string of the molecule is CCCNc1ncnc(NCC2CCOC2C)c1C(C)C. The molecule has 0 saturated carbocycles. The van der Waals surface area contributed by atoms with Gasteiger partial charge in [-0.15, -0.1) is 0 Å². The zero-order valence-corrected chi connectivity index (χ0v) is 13.6. The van der Waals surface area contributed by atoms with Crippen LogP contribution in [0.3, 0.4) is 0 Å². The molecule has 5 heteroatoms. The van der Waals surface area contributed by atoms with Gasteiger partial charge in [0.15, 0.2) is 0 Å². The molecule has 2 N–H and O–H groups in total. The van der Waals surface area contributed by atoms with Crippen LogP contribution in [0.1, 0.15) is 52.0 Å². The molecule has 2 atom stereocenters. The van der Waals surface area contributed by atoms with E-state index >= 15 is 0 Å². The highest BCUT2D eigenvalue weighted by atomic mass is 16.5. The van der Waals surface area contributed by atoms with Gasteiger partial charge in [0, 0.05) is 31.2 Å². The summed E-state index contributed by atoms with van der Waals surface area (Å²) in [6.45, 7) is 11.4. The van der Waals surface area contributed by atoms with Gasteiger partial charge in [-0.25, -0.2) is 9.97 Å². The fourth-order valence-corrected chi connectivity index (χ4v) is 2.74. The second kappa shape index (κ2) is 7.59. The highest BCUT2D eigenvalue weighted by molar-refractivity contribution is 5.59. The van der Waals surface area contributed by atoms with Crippen LogP contribution in [0.4, 0.5) is 11.6 Å². The minimum absolute atomic E-state index is 0.333. The minimum atomic E-state index is 0.333. The molecule has 1 fully saturated rings. The number of hydrogen-bond acceptors (Lipinski definition) is 5. The Balaban J connectivity index is 2.10. The molecule has 1 aromatic heterocycles. The maximum absolute atomic E-state index is 5.62. The van der Waals surface area contributed by atoms with E-state index < -0.39 is 0 Å². The molecule has 21 heavy (non-hydrogen) atoms. The molecule has 0 aromatic carbocycles. The van der Waals surface area contributed by atoms with Crippen molar-refractivity contribution in [3.63, 3.8) is 0 Å². The van der Waals surface area contributed by atoms with E-state index in [1.54, 1.807) is 6.33 Å². The van der Waals surface area contributed by atoms with Gasteiger partial charge in [0.25, 0.3) is 0 Å². The van der Waals surface area contributed by atoms with Crippen LogP contribution >= 0.6 is 0 Å². The zero-order valence-electron chi connectivity index (χ0n) is 13.6. The third-order valence-corrected chi connectivity index (χ3v) is 4.07. The number of anilines is 2. The molecule has 0 amide bonds. The molecular weight excluding hydrogens is 264 g/mol. The smallest absolute Gasteiger partial charge is 0.134 e. The second-order valence-electron chi connectivity index (χ2n) is 6.07. The van der Waals surface area contributed by atoms with E-state index in [0.29, 0.717) is 17.9 Å². The Kier molecular flexibility index (Phi) is 5.79. The van der Waals surface area contributed by atoms with Crippen molar-refractivity contribution < 1.29 is 4.74 Å². The molecule has 0 bridgehead atoms. The summed E-state index contributed by atoms with van der Waals surface area (Å²) in [7, 11) is 0. The molecule has 1 aliphatic heterocycles. The van der Waals surface area contributed by atoms with E-state index in [4.69, 9.17) is 4.74 Å². The third kappa shape index (κ3) is 4.06. The average Bonchev–Trinajstić information content (AvgIpc) is 2.87. The summed E-state index contributed by atoms with van der Waals surface area (Å²) in [6.07, 6.45) is 4.18. The summed E-state index contributed by atoms with van der Waals surface area (Å²) in [5, 5.41) is 6.92. The molecule has 5 nitrogen and oxygen atoms in total. The van der Waals surface area contributed by atoms with Gasteiger partial charge in [-0.3, -0.25) is 0 Å². The Morgan fingerprint density at radius 3 is 2.57 bits per heavy atom. The van der Waals surface area contributed by atoms with Gasteiger partial charge in [-0.05, 0) is 25.7 Å². The molecule has 2 unspecified atom stereocenters. The first-order valence-electron chi connectivity index (χ1n) is 8.07. The predicted molar refractivity (Wildman–Crippen MR) is 86.9 cm³/mol. The van der Waals surface area contributed by atoms with E-state index in [0.717, 1.165) is 44.2 Å².